The number of anilines is 1. The van der Waals surface area contributed by atoms with Crippen molar-refractivity contribution in [2.45, 2.75) is 12.8 Å². The van der Waals surface area contributed by atoms with Gasteiger partial charge in [0.05, 0.1) is 7.11 Å². The van der Waals surface area contributed by atoms with Crippen LogP contribution in [-0.4, -0.2) is 44.2 Å². The molecule has 0 amide bonds. The summed E-state index contributed by atoms with van der Waals surface area (Å²) in [5.74, 6) is 0.101. The fourth-order valence-corrected chi connectivity index (χ4v) is 2.23. The van der Waals surface area contributed by atoms with E-state index in [1.54, 1.807) is 18.2 Å². The molecule has 0 bridgehead atoms. The van der Waals surface area contributed by atoms with Crippen LogP contribution in [0.3, 0.4) is 0 Å². The smallest absolute Gasteiger partial charge is 0.341 e. The Balaban J connectivity index is 1.96. The number of benzene rings is 1. The minimum absolute atomic E-state index is 0.379. The molecule has 1 aromatic carbocycles. The molecular formula is C14H20N2O3. The number of ether oxygens (including phenoxy) is 2. The van der Waals surface area contributed by atoms with Gasteiger partial charge in [-0.25, -0.2) is 4.79 Å². The van der Waals surface area contributed by atoms with Crippen LogP contribution in [0.2, 0.25) is 0 Å². The molecule has 5 nitrogen and oxygen atoms in total. The number of rotatable bonds is 5. The summed E-state index contributed by atoms with van der Waals surface area (Å²) in [6.45, 7) is 3.71. The van der Waals surface area contributed by atoms with E-state index < -0.39 is 5.97 Å². The summed E-state index contributed by atoms with van der Waals surface area (Å²) in [4.78, 5) is 14.0. The number of likely N-dealkylation sites (tertiary alicyclic amines) is 1. The van der Waals surface area contributed by atoms with E-state index in [2.05, 4.69) is 4.90 Å². The maximum absolute atomic E-state index is 11.6. The Hall–Kier alpha value is -1.75. The Morgan fingerprint density at radius 1 is 1.37 bits per heavy atom. The van der Waals surface area contributed by atoms with E-state index in [0.29, 0.717) is 23.6 Å². The van der Waals surface area contributed by atoms with Crippen LogP contribution in [-0.2, 0) is 4.74 Å². The predicted octanol–water partition coefficient (Wildman–Crippen LogP) is 1.53. The van der Waals surface area contributed by atoms with Crippen molar-refractivity contribution in [1.82, 2.24) is 4.90 Å². The highest BCUT2D eigenvalue weighted by Crippen LogP contribution is 2.22. The number of carbonyl (C=O) groups excluding carboxylic acids is 1. The normalized spacial score (nSPS) is 15.4. The fraction of sp³-hybridized carbons (Fsp3) is 0.500. The van der Waals surface area contributed by atoms with Gasteiger partial charge in [0.2, 0.25) is 0 Å². The largest absolute Gasteiger partial charge is 0.491 e. The molecule has 1 saturated heterocycles. The van der Waals surface area contributed by atoms with Crippen LogP contribution in [0, 0.1) is 0 Å². The third-order valence-electron chi connectivity index (χ3n) is 3.27. The molecule has 0 saturated carbocycles. The van der Waals surface area contributed by atoms with Crippen LogP contribution in [0.1, 0.15) is 23.2 Å². The van der Waals surface area contributed by atoms with Gasteiger partial charge in [0.15, 0.2) is 0 Å². The van der Waals surface area contributed by atoms with E-state index in [-0.39, 0.29) is 0 Å². The van der Waals surface area contributed by atoms with Gasteiger partial charge in [-0.05, 0) is 44.1 Å². The van der Waals surface area contributed by atoms with Crippen LogP contribution in [0.15, 0.2) is 18.2 Å². The van der Waals surface area contributed by atoms with Gasteiger partial charge in [0.1, 0.15) is 17.9 Å². The second-order valence-electron chi connectivity index (χ2n) is 4.64. The molecule has 5 heteroatoms. The molecule has 1 aromatic rings. The van der Waals surface area contributed by atoms with Crippen LogP contribution in [0.4, 0.5) is 5.69 Å². The lowest BCUT2D eigenvalue weighted by Crippen LogP contribution is -2.25. The minimum atomic E-state index is -0.427. The molecule has 0 aliphatic carbocycles. The lowest BCUT2D eigenvalue weighted by atomic mass is 10.2. The van der Waals surface area contributed by atoms with Gasteiger partial charge in [-0.1, -0.05) is 0 Å². The van der Waals surface area contributed by atoms with Gasteiger partial charge >= 0.3 is 5.97 Å². The molecule has 19 heavy (non-hydrogen) atoms. The monoisotopic (exact) mass is 264 g/mol. The van der Waals surface area contributed by atoms with E-state index >= 15 is 0 Å². The average molecular weight is 264 g/mol. The van der Waals surface area contributed by atoms with Gasteiger partial charge in [-0.2, -0.15) is 0 Å². The first-order valence-electron chi connectivity index (χ1n) is 6.53. The fourth-order valence-electron chi connectivity index (χ4n) is 2.23. The Kier molecular flexibility index (Phi) is 4.63. The van der Waals surface area contributed by atoms with Crippen LogP contribution in [0.5, 0.6) is 5.75 Å². The second-order valence-corrected chi connectivity index (χ2v) is 4.64. The number of carbonyl (C=O) groups is 1. The number of esters is 1. The number of methoxy groups -OCH3 is 1. The van der Waals surface area contributed by atoms with Crippen molar-refractivity contribution in [3.05, 3.63) is 23.8 Å². The number of nitrogens with two attached hydrogens (primary N) is 1. The third kappa shape index (κ3) is 3.61. The predicted molar refractivity (Wildman–Crippen MR) is 73.4 cm³/mol. The highest BCUT2D eigenvalue weighted by atomic mass is 16.5. The standard InChI is InChI=1S/C14H20N2O3/c1-18-14(17)12-10-11(15)4-5-13(12)19-9-8-16-6-2-3-7-16/h4-5,10H,2-3,6-9,15H2,1H3. The van der Waals surface area contributed by atoms with E-state index in [0.717, 1.165) is 19.6 Å². The molecule has 0 spiro atoms. The SMILES string of the molecule is COC(=O)c1cc(N)ccc1OCCN1CCCC1. The molecule has 0 aromatic heterocycles. The van der Waals surface area contributed by atoms with Crippen molar-refractivity contribution in [2.75, 3.05) is 39.1 Å². The lowest BCUT2D eigenvalue weighted by Gasteiger charge is -2.16. The second kappa shape index (κ2) is 6.43. The quantitative estimate of drug-likeness (QED) is 0.645. The Labute approximate surface area is 113 Å². The number of nitrogen functional groups attached to an aromatic ring is 1. The molecule has 0 radical (unpaired) electrons. The van der Waals surface area contributed by atoms with Crippen LogP contribution < -0.4 is 10.5 Å². The lowest BCUT2D eigenvalue weighted by molar-refractivity contribution is 0.0595. The van der Waals surface area contributed by atoms with Crippen molar-refractivity contribution < 1.29 is 14.3 Å². The first-order chi connectivity index (χ1) is 9.20. The van der Waals surface area contributed by atoms with E-state index in [1.807, 2.05) is 0 Å². The summed E-state index contributed by atoms with van der Waals surface area (Å²) in [7, 11) is 1.35. The van der Waals surface area contributed by atoms with Crippen molar-refractivity contribution in [1.29, 1.82) is 0 Å². The highest BCUT2D eigenvalue weighted by Gasteiger charge is 2.15. The Morgan fingerprint density at radius 2 is 2.11 bits per heavy atom. The van der Waals surface area contributed by atoms with Crippen molar-refractivity contribution in [3.63, 3.8) is 0 Å². The molecule has 0 atom stereocenters. The van der Waals surface area contributed by atoms with Gasteiger partial charge < -0.3 is 15.2 Å². The first kappa shape index (κ1) is 13.7. The summed E-state index contributed by atoms with van der Waals surface area (Å²) in [5, 5.41) is 0. The Bertz CT molecular complexity index is 442. The zero-order valence-electron chi connectivity index (χ0n) is 11.2. The summed E-state index contributed by atoms with van der Waals surface area (Å²) in [6, 6.07) is 5.01. The van der Waals surface area contributed by atoms with E-state index in [1.165, 1.54) is 20.0 Å². The van der Waals surface area contributed by atoms with Gasteiger partial charge in [0, 0.05) is 12.2 Å². The molecule has 104 valence electrons. The van der Waals surface area contributed by atoms with Crippen molar-refractivity contribution in [3.8, 4) is 5.75 Å². The maximum atomic E-state index is 11.6. The highest BCUT2D eigenvalue weighted by molar-refractivity contribution is 5.93. The van der Waals surface area contributed by atoms with Gasteiger partial charge in [-0.15, -0.1) is 0 Å². The molecule has 1 aliphatic heterocycles. The molecular weight excluding hydrogens is 244 g/mol. The first-order valence-corrected chi connectivity index (χ1v) is 6.53. The number of hydrogen-bond acceptors (Lipinski definition) is 5. The topological polar surface area (TPSA) is 64.8 Å². The molecule has 1 fully saturated rings. The van der Waals surface area contributed by atoms with Crippen LogP contribution >= 0.6 is 0 Å². The minimum Gasteiger partial charge on any atom is -0.491 e. The van der Waals surface area contributed by atoms with Crippen LogP contribution in [0.25, 0.3) is 0 Å². The molecule has 1 heterocycles. The van der Waals surface area contributed by atoms with Crippen molar-refractivity contribution >= 4 is 11.7 Å². The number of nitrogens with zero attached hydrogens (tertiary/aromatic N) is 1. The summed E-state index contributed by atoms with van der Waals surface area (Å²) < 4.78 is 10.4. The van der Waals surface area contributed by atoms with E-state index in [4.69, 9.17) is 15.2 Å². The average Bonchev–Trinajstić information content (AvgIpc) is 2.92. The van der Waals surface area contributed by atoms with Gasteiger partial charge in [0.25, 0.3) is 0 Å². The van der Waals surface area contributed by atoms with E-state index in [9.17, 15) is 4.79 Å². The molecule has 0 unspecified atom stereocenters. The summed E-state index contributed by atoms with van der Waals surface area (Å²) in [6.07, 6.45) is 2.52. The zero-order valence-corrected chi connectivity index (χ0v) is 11.2. The molecule has 2 rings (SSSR count). The van der Waals surface area contributed by atoms with Crippen molar-refractivity contribution in [2.24, 2.45) is 0 Å². The maximum Gasteiger partial charge on any atom is 0.341 e. The zero-order chi connectivity index (χ0) is 13.7. The third-order valence-corrected chi connectivity index (χ3v) is 3.27. The summed E-state index contributed by atoms with van der Waals surface area (Å²) in [5.41, 5.74) is 6.58. The molecule has 2 N–H and O–H groups in total. The number of hydrogen-bond donors (Lipinski definition) is 1. The van der Waals surface area contributed by atoms with Gasteiger partial charge in [-0.3, -0.25) is 4.90 Å². The summed E-state index contributed by atoms with van der Waals surface area (Å²) >= 11 is 0. The Morgan fingerprint density at radius 3 is 2.79 bits per heavy atom. The molecule has 1 aliphatic rings.